The van der Waals surface area contributed by atoms with Crippen LogP contribution in [0.1, 0.15) is 50.6 Å². The van der Waals surface area contributed by atoms with E-state index >= 15 is 0 Å². The Labute approximate surface area is 195 Å². The van der Waals surface area contributed by atoms with Crippen molar-refractivity contribution in [2.24, 2.45) is 5.92 Å². The van der Waals surface area contributed by atoms with Gasteiger partial charge < -0.3 is 19.3 Å². The first-order valence-corrected chi connectivity index (χ1v) is 12.2. The molecule has 0 aliphatic carbocycles. The number of carbonyl (C=O) groups excluding carboxylic acids is 2. The molecule has 0 bridgehead atoms. The van der Waals surface area contributed by atoms with Crippen LogP contribution in [0.25, 0.3) is 0 Å². The predicted molar refractivity (Wildman–Crippen MR) is 127 cm³/mol. The van der Waals surface area contributed by atoms with Crippen molar-refractivity contribution in [2.75, 3.05) is 26.8 Å². The monoisotopic (exact) mass is 458 g/mol. The van der Waals surface area contributed by atoms with E-state index in [9.17, 15) is 9.59 Å². The van der Waals surface area contributed by atoms with E-state index in [1.165, 1.54) is 4.88 Å². The van der Waals surface area contributed by atoms with Crippen LogP contribution in [-0.4, -0.2) is 54.5 Å². The summed E-state index contributed by atoms with van der Waals surface area (Å²) in [6, 6.07) is 9.40. The molecule has 0 N–H and O–H groups in total. The second-order valence-electron chi connectivity index (χ2n) is 8.52. The third-order valence-electron chi connectivity index (χ3n) is 6.07. The van der Waals surface area contributed by atoms with Gasteiger partial charge in [0.2, 0.25) is 11.8 Å². The van der Waals surface area contributed by atoms with Crippen LogP contribution in [0, 0.1) is 5.92 Å². The Kier molecular flexibility index (Phi) is 8.18. The van der Waals surface area contributed by atoms with Gasteiger partial charge in [0.1, 0.15) is 24.7 Å². The van der Waals surface area contributed by atoms with E-state index in [2.05, 4.69) is 11.4 Å². The number of amides is 2. The molecule has 0 unspecified atom stereocenters. The van der Waals surface area contributed by atoms with E-state index in [1.54, 1.807) is 23.3 Å². The number of nitrogens with zero attached hydrogens (tertiary/aromatic N) is 2. The van der Waals surface area contributed by atoms with E-state index < -0.39 is 0 Å². The highest BCUT2D eigenvalue weighted by atomic mass is 32.1. The molecule has 0 spiro atoms. The van der Waals surface area contributed by atoms with Crippen molar-refractivity contribution < 1.29 is 19.1 Å². The van der Waals surface area contributed by atoms with E-state index in [1.807, 2.05) is 56.9 Å². The maximum Gasteiger partial charge on any atom is 0.242 e. The molecule has 1 aromatic heterocycles. The molecule has 32 heavy (non-hydrogen) atoms. The third-order valence-corrected chi connectivity index (χ3v) is 7.07. The lowest BCUT2D eigenvalue weighted by Crippen LogP contribution is -2.50. The number of thiophene rings is 1. The minimum Gasteiger partial charge on any atom is -0.497 e. The Morgan fingerprint density at radius 3 is 2.66 bits per heavy atom. The number of ether oxygens (including phenoxy) is 2. The molecule has 0 fully saturated rings. The summed E-state index contributed by atoms with van der Waals surface area (Å²) in [4.78, 5) is 31.2. The zero-order valence-electron chi connectivity index (χ0n) is 19.7. The largest absolute Gasteiger partial charge is 0.497 e. The fourth-order valence-electron chi connectivity index (χ4n) is 3.98. The van der Waals surface area contributed by atoms with Gasteiger partial charge in [0.25, 0.3) is 0 Å². The highest BCUT2D eigenvalue weighted by Gasteiger charge is 2.34. The standard InChI is InChI=1S/C25H34N2O4S/c1-6-18(4)27(25(29)17(2)3)15-24(28)26-12-10-23-21(11-13-32-23)22(26)16-31-20-9-7-8-19(14-20)30-5/h7-9,11,13-14,17-18,22H,6,10,12,15-16H2,1-5H3/t18-,22+/m1/s1. The van der Waals surface area contributed by atoms with Crippen molar-refractivity contribution in [1.29, 1.82) is 0 Å². The smallest absolute Gasteiger partial charge is 0.242 e. The summed E-state index contributed by atoms with van der Waals surface area (Å²) in [5.74, 6) is 1.27. The second-order valence-corrected chi connectivity index (χ2v) is 9.52. The molecule has 0 saturated heterocycles. The van der Waals surface area contributed by atoms with E-state index in [0.717, 1.165) is 24.2 Å². The maximum atomic E-state index is 13.5. The van der Waals surface area contributed by atoms with Crippen molar-refractivity contribution in [3.8, 4) is 11.5 Å². The van der Waals surface area contributed by atoms with Crippen LogP contribution in [-0.2, 0) is 16.0 Å². The normalized spacial score (nSPS) is 16.4. The molecule has 2 aromatic rings. The number of fused-ring (bicyclic) bond motifs is 1. The maximum absolute atomic E-state index is 13.5. The number of carbonyl (C=O) groups is 2. The Morgan fingerprint density at radius 2 is 1.97 bits per heavy atom. The summed E-state index contributed by atoms with van der Waals surface area (Å²) in [5.41, 5.74) is 1.14. The summed E-state index contributed by atoms with van der Waals surface area (Å²) in [5, 5.41) is 2.07. The van der Waals surface area contributed by atoms with Crippen LogP contribution >= 0.6 is 11.3 Å². The first-order valence-electron chi connectivity index (χ1n) is 11.3. The second kappa shape index (κ2) is 10.9. The number of methoxy groups -OCH3 is 1. The molecule has 6 nitrogen and oxygen atoms in total. The lowest BCUT2D eigenvalue weighted by Gasteiger charge is -2.38. The van der Waals surface area contributed by atoms with Crippen LogP contribution in [0.2, 0.25) is 0 Å². The van der Waals surface area contributed by atoms with E-state index in [0.29, 0.717) is 18.9 Å². The molecule has 1 aliphatic rings. The lowest BCUT2D eigenvalue weighted by atomic mass is 10.00. The van der Waals surface area contributed by atoms with Crippen LogP contribution in [0.3, 0.4) is 0 Å². The van der Waals surface area contributed by atoms with Crippen molar-refractivity contribution in [2.45, 2.75) is 52.6 Å². The average molecular weight is 459 g/mol. The van der Waals surface area contributed by atoms with Crippen LogP contribution in [0.4, 0.5) is 0 Å². The zero-order valence-corrected chi connectivity index (χ0v) is 20.5. The Balaban J connectivity index is 1.79. The quantitative estimate of drug-likeness (QED) is 0.553. The predicted octanol–water partition coefficient (Wildman–Crippen LogP) is 4.54. The molecule has 2 atom stereocenters. The first kappa shape index (κ1) is 24.1. The number of hydrogen-bond acceptors (Lipinski definition) is 5. The molecule has 1 aromatic carbocycles. The Hall–Kier alpha value is -2.54. The Bertz CT molecular complexity index is 926. The molecule has 0 radical (unpaired) electrons. The van der Waals surface area contributed by atoms with Crippen LogP contribution < -0.4 is 9.47 Å². The van der Waals surface area contributed by atoms with Crippen molar-refractivity contribution in [1.82, 2.24) is 9.80 Å². The van der Waals surface area contributed by atoms with E-state index in [-0.39, 0.29) is 36.4 Å². The summed E-state index contributed by atoms with van der Waals surface area (Å²) in [6.45, 7) is 8.88. The molecule has 2 amide bonds. The average Bonchev–Trinajstić information content (AvgIpc) is 3.29. The van der Waals surface area contributed by atoms with Gasteiger partial charge in [-0.15, -0.1) is 11.3 Å². The van der Waals surface area contributed by atoms with Gasteiger partial charge in [0, 0.05) is 29.4 Å². The molecule has 7 heteroatoms. The van der Waals surface area contributed by atoms with Crippen molar-refractivity contribution in [3.05, 3.63) is 46.2 Å². The number of benzene rings is 1. The third kappa shape index (κ3) is 5.44. The van der Waals surface area contributed by atoms with Gasteiger partial charge in [0.15, 0.2) is 0 Å². The molecule has 2 heterocycles. The fourth-order valence-corrected chi connectivity index (χ4v) is 4.91. The SMILES string of the molecule is CC[C@@H](C)N(CC(=O)N1CCc2sccc2[C@@H]1COc1cccc(OC)c1)C(=O)C(C)C. The van der Waals surface area contributed by atoms with E-state index in [4.69, 9.17) is 9.47 Å². The topological polar surface area (TPSA) is 59.1 Å². The Morgan fingerprint density at radius 1 is 1.22 bits per heavy atom. The van der Waals surface area contributed by atoms with Gasteiger partial charge in [-0.1, -0.05) is 26.8 Å². The van der Waals surface area contributed by atoms with Gasteiger partial charge in [-0.25, -0.2) is 0 Å². The van der Waals surface area contributed by atoms with Gasteiger partial charge in [-0.3, -0.25) is 9.59 Å². The highest BCUT2D eigenvalue weighted by Crippen LogP contribution is 2.34. The number of rotatable bonds is 9. The van der Waals surface area contributed by atoms with Crippen molar-refractivity contribution >= 4 is 23.2 Å². The van der Waals surface area contributed by atoms with Crippen LogP contribution in [0.5, 0.6) is 11.5 Å². The summed E-state index contributed by atoms with van der Waals surface area (Å²) in [6.07, 6.45) is 1.64. The molecule has 1 aliphatic heterocycles. The van der Waals surface area contributed by atoms with Crippen molar-refractivity contribution in [3.63, 3.8) is 0 Å². The van der Waals surface area contributed by atoms with Gasteiger partial charge in [0.05, 0.1) is 13.2 Å². The lowest BCUT2D eigenvalue weighted by molar-refractivity contribution is -0.146. The fraction of sp³-hybridized carbons (Fsp3) is 0.520. The minimum absolute atomic E-state index is 0.0156. The molecular weight excluding hydrogens is 424 g/mol. The number of hydrogen-bond donors (Lipinski definition) is 0. The van der Waals surface area contributed by atoms with Crippen LogP contribution in [0.15, 0.2) is 35.7 Å². The minimum atomic E-state index is -0.184. The highest BCUT2D eigenvalue weighted by molar-refractivity contribution is 7.10. The summed E-state index contributed by atoms with van der Waals surface area (Å²) in [7, 11) is 1.62. The van der Waals surface area contributed by atoms with Gasteiger partial charge in [-0.05, 0) is 48.9 Å². The molecule has 3 rings (SSSR count). The molecule has 0 saturated carbocycles. The summed E-state index contributed by atoms with van der Waals surface area (Å²) < 4.78 is 11.4. The first-order chi connectivity index (χ1) is 15.3. The zero-order chi connectivity index (χ0) is 23.3. The van der Waals surface area contributed by atoms with Gasteiger partial charge in [-0.2, -0.15) is 0 Å². The summed E-state index contributed by atoms with van der Waals surface area (Å²) >= 11 is 1.72. The molecular formula is C25H34N2O4S. The van der Waals surface area contributed by atoms with Gasteiger partial charge >= 0.3 is 0 Å². The molecule has 174 valence electrons.